The number of anilines is 1. The zero-order valence-corrected chi connectivity index (χ0v) is 20.0. The third-order valence-corrected chi connectivity index (χ3v) is 6.41. The van der Waals surface area contributed by atoms with Gasteiger partial charge in [-0.15, -0.1) is 0 Å². The van der Waals surface area contributed by atoms with E-state index in [1.807, 2.05) is 6.20 Å². The lowest BCUT2D eigenvalue weighted by Crippen LogP contribution is -2.42. The van der Waals surface area contributed by atoms with E-state index in [9.17, 15) is 0 Å². The van der Waals surface area contributed by atoms with Gasteiger partial charge < -0.3 is 15.2 Å². The van der Waals surface area contributed by atoms with Gasteiger partial charge in [-0.2, -0.15) is 0 Å². The minimum Gasteiger partial charge on any atom is -0.357 e. The number of fused-ring (bicyclic) bond motifs is 1. The lowest BCUT2D eigenvalue weighted by Gasteiger charge is -2.27. The smallest absolute Gasteiger partial charge is 0.132 e. The van der Waals surface area contributed by atoms with Crippen LogP contribution in [0.3, 0.4) is 0 Å². The number of pyridine rings is 1. The summed E-state index contributed by atoms with van der Waals surface area (Å²) in [6.45, 7) is 11.4. The molecular weight excluding hydrogens is 424 g/mol. The van der Waals surface area contributed by atoms with E-state index in [-0.39, 0.29) is 0 Å². The van der Waals surface area contributed by atoms with Gasteiger partial charge in [-0.05, 0) is 43.7 Å². The number of nitrogens with zero attached hydrogens (tertiary/aromatic N) is 6. The monoisotopic (exact) mass is 456 g/mol. The summed E-state index contributed by atoms with van der Waals surface area (Å²) in [5.41, 5.74) is 6.26. The Kier molecular flexibility index (Phi) is 6.78. The fourth-order valence-corrected chi connectivity index (χ4v) is 4.55. The van der Waals surface area contributed by atoms with E-state index < -0.39 is 0 Å². The van der Waals surface area contributed by atoms with Crippen molar-refractivity contribution >= 4 is 16.9 Å². The number of aromatic nitrogens is 5. The molecule has 4 heterocycles. The number of hydrogen-bond donors (Lipinski definition) is 2. The van der Waals surface area contributed by atoms with Crippen LogP contribution in [0, 0.1) is 0 Å². The molecule has 0 amide bonds. The Hall–Kier alpha value is -3.36. The Labute approximate surface area is 200 Å². The van der Waals surface area contributed by atoms with E-state index in [4.69, 9.17) is 4.98 Å². The summed E-state index contributed by atoms with van der Waals surface area (Å²) in [5, 5.41) is 3.41. The summed E-state index contributed by atoms with van der Waals surface area (Å²) < 4.78 is 0. The lowest BCUT2D eigenvalue weighted by atomic mass is 10.1. The molecule has 0 aliphatic carbocycles. The minimum atomic E-state index is 0.680. The van der Waals surface area contributed by atoms with Crippen LogP contribution in [0.4, 0.5) is 5.82 Å². The molecule has 0 bridgehead atoms. The number of aromatic amines is 1. The number of H-pyrrole nitrogens is 1. The largest absolute Gasteiger partial charge is 0.357 e. The lowest BCUT2D eigenvalue weighted by molar-refractivity contribution is 0.233. The molecule has 1 aliphatic heterocycles. The van der Waals surface area contributed by atoms with Crippen molar-refractivity contribution in [3.05, 3.63) is 66.0 Å². The van der Waals surface area contributed by atoms with Crippen molar-refractivity contribution in [1.82, 2.24) is 35.1 Å². The van der Waals surface area contributed by atoms with E-state index in [1.54, 1.807) is 6.33 Å². The third-order valence-electron chi connectivity index (χ3n) is 6.41. The topological polar surface area (TPSA) is 85.9 Å². The van der Waals surface area contributed by atoms with Crippen LogP contribution in [0.25, 0.3) is 22.3 Å². The van der Waals surface area contributed by atoms with Gasteiger partial charge in [0, 0.05) is 75.8 Å². The zero-order chi connectivity index (χ0) is 23.3. The second-order valence-electron chi connectivity index (χ2n) is 8.71. The molecule has 0 radical (unpaired) electrons. The van der Waals surface area contributed by atoms with Crippen LogP contribution in [-0.4, -0.2) is 69.1 Å². The van der Waals surface area contributed by atoms with E-state index in [2.05, 4.69) is 85.3 Å². The highest BCUT2D eigenvalue weighted by Gasteiger charge is 2.12. The number of imidazole rings is 1. The van der Waals surface area contributed by atoms with Crippen molar-refractivity contribution < 1.29 is 0 Å². The first kappa shape index (κ1) is 22.4. The molecule has 5 rings (SSSR count). The Morgan fingerprint density at radius 2 is 1.82 bits per heavy atom. The summed E-state index contributed by atoms with van der Waals surface area (Å²) >= 11 is 0. The van der Waals surface area contributed by atoms with Crippen LogP contribution in [0.5, 0.6) is 0 Å². The van der Waals surface area contributed by atoms with Crippen LogP contribution in [0.1, 0.15) is 30.9 Å². The zero-order valence-electron chi connectivity index (χ0n) is 20.0. The molecule has 1 saturated heterocycles. The molecule has 8 nitrogen and oxygen atoms in total. The van der Waals surface area contributed by atoms with Crippen LogP contribution >= 0.6 is 0 Å². The molecule has 34 heavy (non-hydrogen) atoms. The Balaban J connectivity index is 1.34. The average Bonchev–Trinajstić information content (AvgIpc) is 3.27. The van der Waals surface area contributed by atoms with Gasteiger partial charge in [0.2, 0.25) is 0 Å². The van der Waals surface area contributed by atoms with Gasteiger partial charge in [-0.3, -0.25) is 9.88 Å². The van der Waals surface area contributed by atoms with E-state index >= 15 is 0 Å². The fraction of sp³-hybridized carbons (Fsp3) is 0.385. The van der Waals surface area contributed by atoms with Gasteiger partial charge in [0.05, 0.1) is 16.7 Å². The molecule has 4 aromatic rings. The first-order valence-electron chi connectivity index (χ1n) is 12.1. The second-order valence-corrected chi connectivity index (χ2v) is 8.71. The summed E-state index contributed by atoms with van der Waals surface area (Å²) in [5.74, 6) is 1.87. The number of nitrogens with one attached hydrogen (secondary N) is 2. The number of hydrogen-bond acceptors (Lipinski definition) is 7. The quantitative estimate of drug-likeness (QED) is 0.421. The predicted octanol–water partition coefficient (Wildman–Crippen LogP) is 3.26. The molecule has 3 aromatic heterocycles. The van der Waals surface area contributed by atoms with Gasteiger partial charge in [0.1, 0.15) is 18.0 Å². The van der Waals surface area contributed by atoms with Crippen molar-refractivity contribution in [2.45, 2.75) is 26.8 Å². The highest BCUT2D eigenvalue weighted by molar-refractivity contribution is 5.81. The molecule has 1 fully saturated rings. The molecule has 0 spiro atoms. The highest BCUT2D eigenvalue weighted by atomic mass is 15.2. The Morgan fingerprint density at radius 1 is 0.971 bits per heavy atom. The minimum absolute atomic E-state index is 0.680. The molecule has 0 unspecified atom stereocenters. The SMILES string of the molecule is CCN(CC)c1cc(-c2ccc3nc(Cc4cc(CN5CCNCC5)ccn4)[nH]c3c2)ncn1. The number of benzene rings is 1. The summed E-state index contributed by atoms with van der Waals surface area (Å²) in [6.07, 6.45) is 4.24. The molecule has 0 atom stereocenters. The van der Waals surface area contributed by atoms with Crippen LogP contribution in [0.15, 0.2) is 48.9 Å². The van der Waals surface area contributed by atoms with E-state index in [1.165, 1.54) is 5.56 Å². The summed E-state index contributed by atoms with van der Waals surface area (Å²) in [7, 11) is 0. The van der Waals surface area contributed by atoms with Crippen molar-refractivity contribution in [2.75, 3.05) is 44.2 Å². The molecule has 2 N–H and O–H groups in total. The van der Waals surface area contributed by atoms with Crippen LogP contribution in [0.2, 0.25) is 0 Å². The van der Waals surface area contributed by atoms with Gasteiger partial charge >= 0.3 is 0 Å². The van der Waals surface area contributed by atoms with Crippen molar-refractivity contribution in [3.63, 3.8) is 0 Å². The first-order chi connectivity index (χ1) is 16.7. The van der Waals surface area contributed by atoms with Crippen molar-refractivity contribution in [3.8, 4) is 11.3 Å². The summed E-state index contributed by atoms with van der Waals surface area (Å²) in [6, 6.07) is 12.6. The maximum Gasteiger partial charge on any atom is 0.132 e. The van der Waals surface area contributed by atoms with Gasteiger partial charge in [0.25, 0.3) is 0 Å². The third kappa shape index (κ3) is 5.08. The van der Waals surface area contributed by atoms with Crippen LogP contribution in [-0.2, 0) is 13.0 Å². The van der Waals surface area contributed by atoms with Gasteiger partial charge in [-0.25, -0.2) is 15.0 Å². The van der Waals surface area contributed by atoms with Crippen molar-refractivity contribution in [2.24, 2.45) is 0 Å². The van der Waals surface area contributed by atoms with Gasteiger partial charge in [0.15, 0.2) is 0 Å². The highest BCUT2D eigenvalue weighted by Crippen LogP contribution is 2.24. The normalized spacial score (nSPS) is 14.5. The molecule has 176 valence electrons. The standard InChI is InChI=1S/C26H32N8/c1-3-34(4-2)26-16-23(29-18-30-26)20-5-6-22-24(14-20)32-25(31-22)15-21-13-19(7-8-28-21)17-33-11-9-27-10-12-33/h5-8,13-14,16,18,27H,3-4,9-12,15,17H2,1-2H3,(H,31,32). The predicted molar refractivity (Wildman–Crippen MR) is 136 cm³/mol. The maximum absolute atomic E-state index is 4.81. The molecule has 1 aliphatic rings. The van der Waals surface area contributed by atoms with Crippen LogP contribution < -0.4 is 10.2 Å². The number of piperazine rings is 1. The molecular formula is C26H32N8. The molecule has 1 aromatic carbocycles. The number of rotatable bonds is 8. The van der Waals surface area contributed by atoms with E-state index in [0.29, 0.717) is 6.42 Å². The fourth-order valence-electron chi connectivity index (χ4n) is 4.55. The average molecular weight is 457 g/mol. The second kappa shape index (κ2) is 10.3. The summed E-state index contributed by atoms with van der Waals surface area (Å²) in [4.78, 5) is 26.6. The Morgan fingerprint density at radius 3 is 2.65 bits per heavy atom. The maximum atomic E-state index is 4.81. The molecule has 8 heteroatoms. The van der Waals surface area contributed by atoms with Crippen molar-refractivity contribution in [1.29, 1.82) is 0 Å². The Bertz CT molecular complexity index is 1240. The molecule has 0 saturated carbocycles. The van der Waals surface area contributed by atoms with E-state index in [0.717, 1.165) is 85.4 Å². The first-order valence-corrected chi connectivity index (χ1v) is 12.1. The van der Waals surface area contributed by atoms with Gasteiger partial charge in [-0.1, -0.05) is 6.07 Å².